The van der Waals surface area contributed by atoms with Gasteiger partial charge in [-0.1, -0.05) is 0 Å². The standard InChI is InChI=1S/C14H18N4O2/c1-12(19)18-6-4-17(5-7-18)8-9-20-14-3-2-13(10-15)16-11-14/h2-3,11H,4-9H2,1H3. The van der Waals surface area contributed by atoms with Crippen LogP contribution in [-0.2, 0) is 4.79 Å². The molecule has 1 saturated heterocycles. The second-order valence-corrected chi connectivity index (χ2v) is 4.69. The molecule has 2 rings (SSSR count). The summed E-state index contributed by atoms with van der Waals surface area (Å²) < 4.78 is 5.59. The largest absolute Gasteiger partial charge is 0.491 e. The highest BCUT2D eigenvalue weighted by Crippen LogP contribution is 2.09. The van der Waals surface area contributed by atoms with Crippen LogP contribution >= 0.6 is 0 Å². The molecular weight excluding hydrogens is 256 g/mol. The molecule has 1 aromatic heterocycles. The Hall–Kier alpha value is -2.13. The van der Waals surface area contributed by atoms with Crippen LogP contribution in [0, 0.1) is 11.3 Å². The number of piperazine rings is 1. The zero-order valence-electron chi connectivity index (χ0n) is 11.6. The molecule has 0 bridgehead atoms. The number of rotatable bonds is 4. The van der Waals surface area contributed by atoms with Gasteiger partial charge in [0.25, 0.3) is 0 Å². The molecule has 0 aliphatic carbocycles. The van der Waals surface area contributed by atoms with Crippen molar-refractivity contribution >= 4 is 5.91 Å². The maximum absolute atomic E-state index is 11.2. The van der Waals surface area contributed by atoms with Gasteiger partial charge in [0.15, 0.2) is 0 Å². The van der Waals surface area contributed by atoms with Crippen LogP contribution in [0.5, 0.6) is 5.75 Å². The zero-order chi connectivity index (χ0) is 14.4. The first-order valence-corrected chi connectivity index (χ1v) is 6.66. The van der Waals surface area contributed by atoms with E-state index in [1.807, 2.05) is 11.0 Å². The van der Waals surface area contributed by atoms with Gasteiger partial charge in [0.1, 0.15) is 24.1 Å². The molecule has 6 heteroatoms. The number of hydrogen-bond acceptors (Lipinski definition) is 5. The number of carbonyl (C=O) groups excluding carboxylic acids is 1. The summed E-state index contributed by atoms with van der Waals surface area (Å²) in [5.74, 6) is 0.816. The fourth-order valence-corrected chi connectivity index (χ4v) is 2.11. The zero-order valence-corrected chi connectivity index (χ0v) is 11.6. The number of nitrogens with zero attached hydrogens (tertiary/aromatic N) is 4. The summed E-state index contributed by atoms with van der Waals surface area (Å²) in [6.45, 7) is 6.35. The van der Waals surface area contributed by atoms with E-state index in [1.54, 1.807) is 25.3 Å². The molecule has 1 aliphatic rings. The van der Waals surface area contributed by atoms with E-state index in [0.29, 0.717) is 18.1 Å². The predicted octanol–water partition coefficient (Wildman–Crippen LogP) is 0.496. The van der Waals surface area contributed by atoms with E-state index in [-0.39, 0.29) is 5.91 Å². The summed E-state index contributed by atoms with van der Waals surface area (Å²) in [6, 6.07) is 5.36. The predicted molar refractivity (Wildman–Crippen MR) is 73.1 cm³/mol. The highest BCUT2D eigenvalue weighted by Gasteiger charge is 2.17. The van der Waals surface area contributed by atoms with E-state index < -0.39 is 0 Å². The Kier molecular flexibility index (Phi) is 4.91. The second-order valence-electron chi connectivity index (χ2n) is 4.69. The van der Waals surface area contributed by atoms with Crippen molar-refractivity contribution in [2.24, 2.45) is 0 Å². The van der Waals surface area contributed by atoms with Gasteiger partial charge in [-0.2, -0.15) is 5.26 Å². The van der Waals surface area contributed by atoms with E-state index in [4.69, 9.17) is 10.00 Å². The molecule has 1 amide bonds. The van der Waals surface area contributed by atoms with Crippen molar-refractivity contribution in [3.05, 3.63) is 24.0 Å². The third-order valence-corrected chi connectivity index (χ3v) is 3.34. The molecule has 20 heavy (non-hydrogen) atoms. The third kappa shape index (κ3) is 3.93. The smallest absolute Gasteiger partial charge is 0.219 e. The average Bonchev–Trinajstić information content (AvgIpc) is 2.48. The van der Waals surface area contributed by atoms with Gasteiger partial charge in [0, 0.05) is 39.6 Å². The molecule has 0 radical (unpaired) electrons. The van der Waals surface area contributed by atoms with Crippen LogP contribution < -0.4 is 4.74 Å². The first-order chi connectivity index (χ1) is 9.69. The number of carbonyl (C=O) groups is 1. The van der Waals surface area contributed by atoms with Gasteiger partial charge in [-0.3, -0.25) is 9.69 Å². The lowest BCUT2D eigenvalue weighted by Crippen LogP contribution is -2.48. The highest BCUT2D eigenvalue weighted by molar-refractivity contribution is 5.73. The molecule has 1 fully saturated rings. The summed E-state index contributed by atoms with van der Waals surface area (Å²) in [4.78, 5) is 19.3. The van der Waals surface area contributed by atoms with Gasteiger partial charge >= 0.3 is 0 Å². The fraction of sp³-hybridized carbons (Fsp3) is 0.500. The number of hydrogen-bond donors (Lipinski definition) is 0. The Bertz CT molecular complexity index is 487. The Morgan fingerprint density at radius 2 is 2.15 bits per heavy atom. The molecule has 0 unspecified atom stereocenters. The molecule has 0 spiro atoms. The van der Waals surface area contributed by atoms with Crippen molar-refractivity contribution < 1.29 is 9.53 Å². The lowest BCUT2D eigenvalue weighted by Gasteiger charge is -2.33. The summed E-state index contributed by atoms with van der Waals surface area (Å²) in [5.41, 5.74) is 0.387. The SMILES string of the molecule is CC(=O)N1CCN(CCOc2ccc(C#N)nc2)CC1. The number of aromatic nitrogens is 1. The van der Waals surface area contributed by atoms with Gasteiger partial charge < -0.3 is 9.64 Å². The van der Waals surface area contributed by atoms with Gasteiger partial charge in [-0.05, 0) is 12.1 Å². The minimum absolute atomic E-state index is 0.143. The quantitative estimate of drug-likeness (QED) is 0.799. The maximum Gasteiger partial charge on any atom is 0.219 e. The van der Waals surface area contributed by atoms with Gasteiger partial charge in [0.05, 0.1) is 6.20 Å². The molecular formula is C14H18N4O2. The van der Waals surface area contributed by atoms with Crippen LogP contribution in [0.3, 0.4) is 0 Å². The van der Waals surface area contributed by atoms with E-state index >= 15 is 0 Å². The van der Waals surface area contributed by atoms with Crippen LogP contribution in [0.2, 0.25) is 0 Å². The Balaban J connectivity index is 1.69. The molecule has 106 valence electrons. The van der Waals surface area contributed by atoms with Gasteiger partial charge in [-0.15, -0.1) is 0 Å². The van der Waals surface area contributed by atoms with Gasteiger partial charge in [-0.25, -0.2) is 4.98 Å². The Morgan fingerprint density at radius 3 is 2.70 bits per heavy atom. The molecule has 0 saturated carbocycles. The first kappa shape index (κ1) is 14.3. The van der Waals surface area contributed by atoms with Crippen molar-refractivity contribution in [2.75, 3.05) is 39.3 Å². The van der Waals surface area contributed by atoms with Crippen LogP contribution in [0.15, 0.2) is 18.3 Å². The number of pyridine rings is 1. The first-order valence-electron chi connectivity index (χ1n) is 6.66. The normalized spacial score (nSPS) is 15.7. The van der Waals surface area contributed by atoms with Crippen molar-refractivity contribution in [3.8, 4) is 11.8 Å². The number of ether oxygens (including phenoxy) is 1. The molecule has 6 nitrogen and oxygen atoms in total. The van der Waals surface area contributed by atoms with Crippen molar-refractivity contribution in [2.45, 2.75) is 6.92 Å². The number of amides is 1. The third-order valence-electron chi connectivity index (χ3n) is 3.34. The lowest BCUT2D eigenvalue weighted by atomic mass is 10.3. The Labute approximate surface area is 118 Å². The minimum atomic E-state index is 0.143. The molecule has 0 aromatic carbocycles. The van der Waals surface area contributed by atoms with E-state index in [2.05, 4.69) is 9.88 Å². The summed E-state index contributed by atoms with van der Waals surface area (Å²) in [7, 11) is 0. The van der Waals surface area contributed by atoms with Crippen molar-refractivity contribution in [3.63, 3.8) is 0 Å². The average molecular weight is 274 g/mol. The van der Waals surface area contributed by atoms with Crippen LogP contribution in [0.4, 0.5) is 0 Å². The molecule has 1 aromatic rings. The maximum atomic E-state index is 11.2. The highest BCUT2D eigenvalue weighted by atomic mass is 16.5. The van der Waals surface area contributed by atoms with Crippen LogP contribution in [0.1, 0.15) is 12.6 Å². The van der Waals surface area contributed by atoms with E-state index in [0.717, 1.165) is 32.7 Å². The van der Waals surface area contributed by atoms with E-state index in [9.17, 15) is 4.79 Å². The Morgan fingerprint density at radius 1 is 1.40 bits per heavy atom. The fourth-order valence-electron chi connectivity index (χ4n) is 2.11. The van der Waals surface area contributed by atoms with Crippen molar-refractivity contribution in [1.82, 2.24) is 14.8 Å². The van der Waals surface area contributed by atoms with Crippen molar-refractivity contribution in [1.29, 1.82) is 5.26 Å². The van der Waals surface area contributed by atoms with Crippen LogP contribution in [-0.4, -0.2) is 60.0 Å². The molecule has 1 aliphatic heterocycles. The van der Waals surface area contributed by atoms with E-state index in [1.165, 1.54) is 0 Å². The van der Waals surface area contributed by atoms with Gasteiger partial charge in [0.2, 0.25) is 5.91 Å². The molecule has 0 atom stereocenters. The van der Waals surface area contributed by atoms with Crippen LogP contribution in [0.25, 0.3) is 0 Å². The summed E-state index contributed by atoms with van der Waals surface area (Å²) >= 11 is 0. The topological polar surface area (TPSA) is 69.5 Å². The minimum Gasteiger partial charge on any atom is -0.491 e. The lowest BCUT2D eigenvalue weighted by molar-refractivity contribution is -0.130. The monoisotopic (exact) mass is 274 g/mol. The second kappa shape index (κ2) is 6.87. The summed E-state index contributed by atoms with van der Waals surface area (Å²) in [6.07, 6.45) is 1.56. The molecule has 2 heterocycles. The molecule has 0 N–H and O–H groups in total. The number of nitriles is 1. The summed E-state index contributed by atoms with van der Waals surface area (Å²) in [5, 5.41) is 8.65.